The van der Waals surface area contributed by atoms with Crippen molar-refractivity contribution in [3.8, 4) is 0 Å². The van der Waals surface area contributed by atoms with Crippen LogP contribution in [0, 0.1) is 5.92 Å². The lowest BCUT2D eigenvalue weighted by atomic mass is 10.1. The third-order valence-electron chi connectivity index (χ3n) is 2.96. The van der Waals surface area contributed by atoms with Gasteiger partial charge in [0.2, 0.25) is 0 Å². The van der Waals surface area contributed by atoms with E-state index in [1.54, 1.807) is 13.1 Å². The van der Waals surface area contributed by atoms with Crippen molar-refractivity contribution in [2.24, 2.45) is 5.92 Å². The lowest BCUT2D eigenvalue weighted by Gasteiger charge is -2.08. The summed E-state index contributed by atoms with van der Waals surface area (Å²) in [4.78, 5) is 25.8. The van der Waals surface area contributed by atoms with Crippen molar-refractivity contribution in [1.82, 2.24) is 10.3 Å². The number of hydrogen-bond acceptors (Lipinski definition) is 2. The van der Waals surface area contributed by atoms with Gasteiger partial charge in [-0.15, -0.1) is 0 Å². The van der Waals surface area contributed by atoms with E-state index in [1.165, 1.54) is 0 Å². The van der Waals surface area contributed by atoms with Crippen molar-refractivity contribution >= 4 is 54.6 Å². The summed E-state index contributed by atoms with van der Waals surface area (Å²) in [6.07, 6.45) is 1.62. The molecule has 0 saturated heterocycles. The molecule has 2 aromatic rings. The highest BCUT2D eigenvalue weighted by Crippen LogP contribution is 2.30. The molecular weight excluding hydrogens is 392 g/mol. The van der Waals surface area contributed by atoms with Crippen LogP contribution in [0.1, 0.15) is 17.3 Å². The minimum atomic E-state index is -0.934. The lowest BCUT2D eigenvalue weighted by Crippen LogP contribution is -2.31. The van der Waals surface area contributed by atoms with Gasteiger partial charge in [-0.05, 0) is 44.0 Å². The second-order valence-electron chi connectivity index (χ2n) is 4.46. The van der Waals surface area contributed by atoms with E-state index in [4.69, 9.17) is 5.11 Å². The number of carbonyl (C=O) groups is 2. The molecule has 1 unspecified atom stereocenters. The topological polar surface area (TPSA) is 82.2 Å². The van der Waals surface area contributed by atoms with Crippen LogP contribution in [-0.2, 0) is 4.79 Å². The number of halogens is 2. The molecule has 1 atom stereocenters. The van der Waals surface area contributed by atoms with E-state index < -0.39 is 11.9 Å². The molecule has 1 amide bonds. The largest absolute Gasteiger partial charge is 0.481 e. The van der Waals surface area contributed by atoms with Gasteiger partial charge in [-0.3, -0.25) is 9.59 Å². The van der Waals surface area contributed by atoms with Gasteiger partial charge < -0.3 is 15.4 Å². The highest BCUT2D eigenvalue weighted by molar-refractivity contribution is 9.13. The third kappa shape index (κ3) is 3.04. The Balaban J connectivity index is 2.22. The fourth-order valence-corrected chi connectivity index (χ4v) is 2.42. The number of hydrogen-bond donors (Lipinski definition) is 3. The molecule has 106 valence electrons. The van der Waals surface area contributed by atoms with Crippen LogP contribution in [0.25, 0.3) is 10.9 Å². The molecule has 1 aromatic heterocycles. The number of aromatic amines is 1. The van der Waals surface area contributed by atoms with Gasteiger partial charge in [0.25, 0.3) is 5.91 Å². The fraction of sp³-hybridized carbons (Fsp3) is 0.231. The number of amides is 1. The van der Waals surface area contributed by atoms with E-state index >= 15 is 0 Å². The second-order valence-corrected chi connectivity index (χ2v) is 6.17. The molecule has 1 aromatic carbocycles. The third-order valence-corrected chi connectivity index (χ3v) is 4.80. The molecular formula is C13H12Br2N2O3. The SMILES string of the molecule is CC(CNC(=O)c1c[nH]c2cc(Br)c(Br)cc12)C(=O)O. The molecule has 0 aliphatic rings. The number of aromatic nitrogens is 1. The van der Waals surface area contributed by atoms with Crippen molar-refractivity contribution in [3.63, 3.8) is 0 Å². The molecule has 1 heterocycles. The summed E-state index contributed by atoms with van der Waals surface area (Å²) in [7, 11) is 0. The van der Waals surface area contributed by atoms with Crippen molar-refractivity contribution in [2.75, 3.05) is 6.54 Å². The Morgan fingerprint density at radius 3 is 2.65 bits per heavy atom. The van der Waals surface area contributed by atoms with Gasteiger partial charge in [0.1, 0.15) is 0 Å². The number of carbonyl (C=O) groups excluding carboxylic acids is 1. The van der Waals surface area contributed by atoms with Crippen molar-refractivity contribution < 1.29 is 14.7 Å². The lowest BCUT2D eigenvalue weighted by molar-refractivity contribution is -0.140. The van der Waals surface area contributed by atoms with Crippen molar-refractivity contribution in [1.29, 1.82) is 0 Å². The van der Waals surface area contributed by atoms with E-state index in [-0.39, 0.29) is 12.5 Å². The van der Waals surface area contributed by atoms with Gasteiger partial charge in [0.15, 0.2) is 0 Å². The minimum Gasteiger partial charge on any atom is -0.481 e. The molecule has 0 bridgehead atoms. The molecule has 0 fully saturated rings. The van der Waals surface area contributed by atoms with E-state index in [0.29, 0.717) is 5.56 Å². The Morgan fingerprint density at radius 2 is 2.00 bits per heavy atom. The average molecular weight is 404 g/mol. The van der Waals surface area contributed by atoms with Crippen LogP contribution in [-0.4, -0.2) is 28.5 Å². The van der Waals surface area contributed by atoms with Gasteiger partial charge in [-0.2, -0.15) is 0 Å². The first kappa shape index (κ1) is 15.1. The normalized spacial score (nSPS) is 12.3. The van der Waals surface area contributed by atoms with Gasteiger partial charge >= 0.3 is 5.97 Å². The van der Waals surface area contributed by atoms with Gasteiger partial charge in [0, 0.05) is 32.6 Å². The van der Waals surface area contributed by atoms with Gasteiger partial charge in [-0.25, -0.2) is 0 Å². The van der Waals surface area contributed by atoms with Crippen LogP contribution < -0.4 is 5.32 Å². The summed E-state index contributed by atoms with van der Waals surface area (Å²) in [5, 5.41) is 12.2. The summed E-state index contributed by atoms with van der Waals surface area (Å²) in [6, 6.07) is 3.71. The number of fused-ring (bicyclic) bond motifs is 1. The summed E-state index contributed by atoms with van der Waals surface area (Å²) < 4.78 is 1.73. The predicted octanol–water partition coefficient (Wildman–Crippen LogP) is 3.14. The number of aliphatic carboxylic acids is 1. The summed E-state index contributed by atoms with van der Waals surface area (Å²) in [5.74, 6) is -1.85. The van der Waals surface area contributed by atoms with Crippen LogP contribution in [0.5, 0.6) is 0 Å². The quantitative estimate of drug-likeness (QED) is 0.733. The molecule has 0 radical (unpaired) electrons. The first-order valence-electron chi connectivity index (χ1n) is 5.87. The number of benzene rings is 1. The number of nitrogens with one attached hydrogen (secondary N) is 2. The molecule has 5 nitrogen and oxygen atoms in total. The Morgan fingerprint density at radius 1 is 1.35 bits per heavy atom. The van der Waals surface area contributed by atoms with Crippen LogP contribution >= 0.6 is 31.9 Å². The fourth-order valence-electron chi connectivity index (χ4n) is 1.73. The van der Waals surface area contributed by atoms with Crippen molar-refractivity contribution in [2.45, 2.75) is 6.92 Å². The monoisotopic (exact) mass is 402 g/mol. The maximum atomic E-state index is 12.1. The zero-order valence-corrected chi connectivity index (χ0v) is 13.7. The standard InChI is InChI=1S/C13H12Br2N2O3/c1-6(13(19)20)4-17-12(18)8-5-16-11-3-10(15)9(14)2-7(8)11/h2-3,5-6,16H,4H2,1H3,(H,17,18)(H,19,20). The molecule has 7 heteroatoms. The van der Waals surface area contributed by atoms with E-state index in [2.05, 4.69) is 42.2 Å². The van der Waals surface area contributed by atoms with Crippen LogP contribution in [0.15, 0.2) is 27.3 Å². The predicted molar refractivity (Wildman–Crippen MR) is 82.8 cm³/mol. The Hall–Kier alpha value is -1.34. The van der Waals surface area contributed by atoms with E-state index in [9.17, 15) is 9.59 Å². The molecule has 0 saturated carbocycles. The van der Waals surface area contributed by atoms with Crippen LogP contribution in [0.2, 0.25) is 0 Å². The average Bonchev–Trinajstić information content (AvgIpc) is 2.78. The Labute approximate surface area is 132 Å². The highest BCUT2D eigenvalue weighted by atomic mass is 79.9. The summed E-state index contributed by atoms with van der Waals surface area (Å²) in [6.45, 7) is 1.64. The smallest absolute Gasteiger partial charge is 0.308 e. The molecule has 0 aliphatic heterocycles. The van der Waals surface area contributed by atoms with Gasteiger partial charge in [-0.1, -0.05) is 6.92 Å². The summed E-state index contributed by atoms with van der Waals surface area (Å²) in [5.41, 5.74) is 1.32. The maximum absolute atomic E-state index is 12.1. The van der Waals surface area contributed by atoms with Crippen LogP contribution in [0.3, 0.4) is 0 Å². The van der Waals surface area contributed by atoms with E-state index in [1.807, 2.05) is 12.1 Å². The maximum Gasteiger partial charge on any atom is 0.308 e. The zero-order chi connectivity index (χ0) is 14.9. The molecule has 20 heavy (non-hydrogen) atoms. The van der Waals surface area contributed by atoms with Crippen LogP contribution in [0.4, 0.5) is 0 Å². The first-order chi connectivity index (χ1) is 9.40. The molecule has 0 aliphatic carbocycles. The minimum absolute atomic E-state index is 0.0958. The second kappa shape index (κ2) is 5.97. The zero-order valence-electron chi connectivity index (χ0n) is 10.5. The highest BCUT2D eigenvalue weighted by Gasteiger charge is 2.16. The molecule has 3 N–H and O–H groups in total. The number of rotatable bonds is 4. The van der Waals surface area contributed by atoms with E-state index in [0.717, 1.165) is 19.8 Å². The number of H-pyrrole nitrogens is 1. The number of carboxylic acids is 1. The molecule has 0 spiro atoms. The summed E-state index contributed by atoms with van der Waals surface area (Å²) >= 11 is 6.79. The molecule has 2 rings (SSSR count). The Bertz CT molecular complexity index is 682. The van der Waals surface area contributed by atoms with Crippen molar-refractivity contribution in [3.05, 3.63) is 32.8 Å². The first-order valence-corrected chi connectivity index (χ1v) is 7.46. The Kier molecular flexibility index (Phi) is 4.49. The van der Waals surface area contributed by atoms with Gasteiger partial charge in [0.05, 0.1) is 11.5 Å². The number of carboxylic acid groups (broad SMARTS) is 1.